The zero-order valence-electron chi connectivity index (χ0n) is 4.74. The Balaban J connectivity index is 0. The van der Waals surface area contributed by atoms with Gasteiger partial charge in [0.1, 0.15) is 0 Å². The summed E-state index contributed by atoms with van der Waals surface area (Å²) in [4.78, 5) is 0. The molecule has 0 spiro atoms. The summed E-state index contributed by atoms with van der Waals surface area (Å²) in [5, 5.41) is 0. The first kappa shape index (κ1) is 90.0. The van der Waals surface area contributed by atoms with Gasteiger partial charge < -0.3 is 67.5 Å². The molecule has 0 aliphatic carbocycles. The van der Waals surface area contributed by atoms with Crippen molar-refractivity contribution >= 4 is 0 Å². The van der Waals surface area contributed by atoms with Gasteiger partial charge in [-0.1, -0.05) is 0 Å². The molecule has 0 saturated carbocycles. The van der Waals surface area contributed by atoms with E-state index < -0.39 is 0 Å². The summed E-state index contributed by atoms with van der Waals surface area (Å²) in [7, 11) is 0. The molecule has 0 aliphatic rings. The van der Waals surface area contributed by atoms with Gasteiger partial charge in [0.2, 0.25) is 0 Å². The van der Waals surface area contributed by atoms with Gasteiger partial charge in [0.05, 0.1) is 0 Å². The Bertz CT molecular complexity index is 14.9. The Morgan fingerprint density at radius 2 is 0.444 bits per heavy atom. The van der Waals surface area contributed by atoms with Crippen LogP contribution in [0.25, 0.3) is 0 Å². The maximum absolute atomic E-state index is 0. The predicted molar refractivity (Wildman–Crippen MR) is 3.61 cm³/mol. The molecule has 0 unspecified atom stereocenters. The zero-order valence-corrected chi connectivity index (χ0v) is 16.5. The molecule has 0 amide bonds. The van der Waals surface area contributed by atoms with E-state index in [1.807, 2.05) is 0 Å². The average Bonchev–Trinajstić information content (AvgIpc) is 0. The molecule has 0 bridgehead atoms. The molecule has 0 aromatic heterocycles. The van der Waals surface area contributed by atoms with Crippen LogP contribution in [-0.4, -0.2) is 5.48 Å². The van der Waals surface area contributed by atoms with Crippen LogP contribution in [0.15, 0.2) is 0 Å². The molecule has 2 N–H and O–H groups in total. The van der Waals surface area contributed by atoms with E-state index in [-0.39, 0.29) is 190 Å². The minimum Gasteiger partial charge on any atom is -1.00 e. The van der Waals surface area contributed by atoms with E-state index in [1.54, 1.807) is 0 Å². The van der Waals surface area contributed by atoms with Gasteiger partial charge in [-0.05, 0) is 0 Å². The molecular formula is H2Cl5K2ORu. The van der Waals surface area contributed by atoms with Crippen LogP contribution in [0.4, 0.5) is 0 Å². The zero-order chi connectivity index (χ0) is 0. The van der Waals surface area contributed by atoms with Crippen molar-refractivity contribution in [2.24, 2.45) is 0 Å². The molecule has 0 heterocycles. The third kappa shape index (κ3) is 60.4. The van der Waals surface area contributed by atoms with Crippen LogP contribution in [0.3, 0.4) is 0 Å². The third-order valence-corrected chi connectivity index (χ3v) is 0. The minimum atomic E-state index is 0. The summed E-state index contributed by atoms with van der Waals surface area (Å²) in [6.07, 6.45) is 0. The quantitative estimate of drug-likeness (QED) is 0.377. The van der Waals surface area contributed by atoms with Crippen LogP contribution in [0.5, 0.6) is 0 Å². The van der Waals surface area contributed by atoms with Gasteiger partial charge in [-0.3, -0.25) is 0 Å². The number of halogens is 5. The van der Waals surface area contributed by atoms with Crippen LogP contribution in [-0.2, 0) is 19.5 Å². The summed E-state index contributed by atoms with van der Waals surface area (Å²) in [6, 6.07) is 0. The molecule has 1 radical (unpaired) electrons. The second-order valence-electron chi connectivity index (χ2n) is 0. The van der Waals surface area contributed by atoms with E-state index in [4.69, 9.17) is 0 Å². The molecule has 0 fully saturated rings. The van der Waals surface area contributed by atoms with Crippen LogP contribution < -0.4 is 165 Å². The number of hydrogen-bond acceptors (Lipinski definition) is 0. The number of hydrogen-bond donors (Lipinski definition) is 0. The van der Waals surface area contributed by atoms with Crippen molar-refractivity contribution in [3.8, 4) is 0 Å². The van der Waals surface area contributed by atoms with Crippen LogP contribution >= 0.6 is 0 Å². The molecule has 0 aromatic carbocycles. The molecule has 0 atom stereocenters. The van der Waals surface area contributed by atoms with Crippen molar-refractivity contribution in [3.63, 3.8) is 0 Å². The van der Waals surface area contributed by atoms with E-state index >= 15 is 0 Å². The molecule has 53 valence electrons. The van der Waals surface area contributed by atoms with Gasteiger partial charge in [0, 0.05) is 0 Å². The van der Waals surface area contributed by atoms with Crippen molar-refractivity contribution in [1.29, 1.82) is 0 Å². The Morgan fingerprint density at radius 1 is 0.444 bits per heavy atom. The fraction of sp³-hybridized carbons (Fsp3) is 0. The average molecular weight is 375 g/mol. The first-order valence-corrected chi connectivity index (χ1v) is 0. The Kier molecular flexibility index (Phi) is 715. The summed E-state index contributed by atoms with van der Waals surface area (Å²) in [5.74, 6) is 0. The smallest absolute Gasteiger partial charge is 1.00 e. The van der Waals surface area contributed by atoms with Crippen molar-refractivity contribution in [3.05, 3.63) is 0 Å². The molecule has 0 rings (SSSR count). The molecule has 9 heavy (non-hydrogen) atoms. The summed E-state index contributed by atoms with van der Waals surface area (Å²) >= 11 is 0. The van der Waals surface area contributed by atoms with E-state index in [9.17, 15) is 0 Å². The monoisotopic (exact) mass is 373 g/mol. The van der Waals surface area contributed by atoms with Crippen LogP contribution in [0.1, 0.15) is 0 Å². The Labute approximate surface area is 184 Å². The van der Waals surface area contributed by atoms with E-state index in [2.05, 4.69) is 0 Å². The standard InChI is InChI=1S/5ClH.2K.H2O.Ru/h5*1H;;;1H2;/q;;;;;2*+1;;+3/p-5. The van der Waals surface area contributed by atoms with Crippen molar-refractivity contribution in [2.45, 2.75) is 0 Å². The first-order chi connectivity index (χ1) is 0. The first-order valence-electron chi connectivity index (χ1n) is 0. The van der Waals surface area contributed by atoms with Crippen LogP contribution in [0.2, 0.25) is 0 Å². The third-order valence-electron chi connectivity index (χ3n) is 0. The topological polar surface area (TPSA) is 31.5 Å². The second-order valence-corrected chi connectivity index (χ2v) is 0. The Morgan fingerprint density at radius 3 is 0.444 bits per heavy atom. The van der Waals surface area contributed by atoms with E-state index in [1.165, 1.54) is 0 Å². The summed E-state index contributed by atoms with van der Waals surface area (Å²) in [6.45, 7) is 0. The van der Waals surface area contributed by atoms with Gasteiger partial charge in [-0.15, -0.1) is 0 Å². The fourth-order valence-electron chi connectivity index (χ4n) is 0. The largest absolute Gasteiger partial charge is 3.00 e. The molecule has 0 aromatic rings. The van der Waals surface area contributed by atoms with Gasteiger partial charge >= 0.3 is 122 Å². The van der Waals surface area contributed by atoms with Gasteiger partial charge in [0.15, 0.2) is 0 Å². The minimum absolute atomic E-state index is 0. The maximum Gasteiger partial charge on any atom is 3.00 e. The molecule has 9 heteroatoms. The maximum atomic E-state index is 0. The van der Waals surface area contributed by atoms with E-state index in [0.29, 0.717) is 0 Å². The van der Waals surface area contributed by atoms with Gasteiger partial charge in [-0.25, -0.2) is 0 Å². The van der Waals surface area contributed by atoms with Crippen molar-refractivity contribution < 1.29 is 190 Å². The number of rotatable bonds is 0. The SMILES string of the molecule is O.[Cl-].[Cl-].[Cl-].[Cl-].[Cl-].[K+].[K+].[Ru+3]. The summed E-state index contributed by atoms with van der Waals surface area (Å²) in [5.41, 5.74) is 0. The Hall–Kier alpha value is 5.31. The molecule has 0 aliphatic heterocycles. The molecule has 1 nitrogen and oxygen atoms in total. The van der Waals surface area contributed by atoms with Gasteiger partial charge in [-0.2, -0.15) is 0 Å². The summed E-state index contributed by atoms with van der Waals surface area (Å²) < 4.78 is 0. The van der Waals surface area contributed by atoms with Crippen molar-refractivity contribution in [1.82, 2.24) is 0 Å². The van der Waals surface area contributed by atoms with Crippen molar-refractivity contribution in [2.75, 3.05) is 0 Å². The van der Waals surface area contributed by atoms with E-state index in [0.717, 1.165) is 0 Å². The molecule has 0 saturated heterocycles. The van der Waals surface area contributed by atoms with Crippen LogP contribution in [0, 0.1) is 0 Å². The van der Waals surface area contributed by atoms with Gasteiger partial charge in [0.25, 0.3) is 0 Å². The predicted octanol–water partition coefficient (Wildman–Crippen LogP) is -21.8. The second kappa shape index (κ2) is 71.6. The normalized spacial score (nSPS) is 0. The fourth-order valence-corrected chi connectivity index (χ4v) is 0. The molecular weight excluding hydrogens is 373 g/mol.